The lowest BCUT2D eigenvalue weighted by Crippen LogP contribution is -2.39. The van der Waals surface area contributed by atoms with Crippen molar-refractivity contribution in [1.82, 2.24) is 10.1 Å². The summed E-state index contributed by atoms with van der Waals surface area (Å²) >= 11 is 0. The van der Waals surface area contributed by atoms with Crippen LogP contribution in [0.15, 0.2) is 28.8 Å². The van der Waals surface area contributed by atoms with Gasteiger partial charge in [0.15, 0.2) is 5.78 Å². The maximum Gasteiger partial charge on any atom is 0.266 e. The molecule has 0 bridgehead atoms. The number of carbonyl (C=O) groups is 1. The summed E-state index contributed by atoms with van der Waals surface area (Å²) in [7, 11) is 0. The van der Waals surface area contributed by atoms with Gasteiger partial charge in [0, 0.05) is 30.5 Å². The monoisotopic (exact) mass is 357 g/mol. The van der Waals surface area contributed by atoms with Crippen LogP contribution in [0.3, 0.4) is 0 Å². The molecule has 0 N–H and O–H groups in total. The van der Waals surface area contributed by atoms with Crippen LogP contribution in [0.2, 0.25) is 0 Å². The first-order valence-electron chi connectivity index (χ1n) is 9.33. The lowest BCUT2D eigenvalue weighted by atomic mass is 9.90. The van der Waals surface area contributed by atoms with Gasteiger partial charge >= 0.3 is 0 Å². The van der Waals surface area contributed by atoms with E-state index in [1.54, 1.807) is 0 Å². The van der Waals surface area contributed by atoms with Crippen molar-refractivity contribution in [2.75, 3.05) is 18.0 Å². The Hall–Kier alpha value is -2.37. The first kappa shape index (κ1) is 18.4. The zero-order valence-corrected chi connectivity index (χ0v) is 15.9. The van der Waals surface area contributed by atoms with Gasteiger partial charge in [-0.1, -0.05) is 26.0 Å². The normalized spacial score (nSPS) is 17.8. The molecule has 2 heterocycles. The van der Waals surface area contributed by atoms with Crippen molar-refractivity contribution in [3.63, 3.8) is 0 Å². The van der Waals surface area contributed by atoms with Crippen molar-refractivity contribution in [3.05, 3.63) is 35.7 Å². The van der Waals surface area contributed by atoms with Crippen LogP contribution in [0.5, 0.6) is 5.75 Å². The maximum absolute atomic E-state index is 13.0. The molecule has 0 saturated carbocycles. The number of hydrogen-bond donors (Lipinski definition) is 0. The summed E-state index contributed by atoms with van der Waals surface area (Å²) in [6.45, 7) is 9.45. The second kappa shape index (κ2) is 7.89. The molecule has 1 unspecified atom stereocenters. The third kappa shape index (κ3) is 4.23. The van der Waals surface area contributed by atoms with Gasteiger partial charge in [0.05, 0.1) is 6.10 Å². The highest BCUT2D eigenvalue weighted by atomic mass is 16.5. The van der Waals surface area contributed by atoms with E-state index in [1.165, 1.54) is 0 Å². The minimum absolute atomic E-state index is 0.0703. The third-order valence-corrected chi connectivity index (χ3v) is 4.49. The number of hydrogen-bond acceptors (Lipinski definition) is 6. The molecule has 0 aliphatic carbocycles. The van der Waals surface area contributed by atoms with E-state index in [2.05, 4.69) is 15.0 Å². The molecule has 0 spiro atoms. The highest BCUT2D eigenvalue weighted by Crippen LogP contribution is 2.26. The molecule has 1 aliphatic heterocycles. The number of ketones is 1. The van der Waals surface area contributed by atoms with Gasteiger partial charge in [0.1, 0.15) is 5.75 Å². The summed E-state index contributed by atoms with van der Waals surface area (Å²) in [6.07, 6.45) is 1.89. The van der Waals surface area contributed by atoms with Gasteiger partial charge in [-0.15, -0.1) is 0 Å². The number of nitrogens with zero attached hydrogens (tertiary/aromatic N) is 3. The van der Waals surface area contributed by atoms with Crippen LogP contribution < -0.4 is 9.64 Å². The van der Waals surface area contributed by atoms with Crippen molar-refractivity contribution < 1.29 is 14.1 Å². The minimum Gasteiger partial charge on any atom is -0.491 e. The number of anilines is 1. The van der Waals surface area contributed by atoms with Gasteiger partial charge in [-0.25, -0.2) is 0 Å². The Morgan fingerprint density at radius 1 is 1.31 bits per heavy atom. The highest BCUT2D eigenvalue weighted by molar-refractivity contribution is 5.98. The van der Waals surface area contributed by atoms with Crippen LogP contribution in [-0.4, -0.2) is 35.1 Å². The number of benzene rings is 1. The van der Waals surface area contributed by atoms with E-state index in [4.69, 9.17) is 9.26 Å². The van der Waals surface area contributed by atoms with Crippen molar-refractivity contribution in [3.8, 4) is 5.75 Å². The molecule has 140 valence electrons. The largest absolute Gasteiger partial charge is 0.491 e. The molecule has 1 aromatic carbocycles. The maximum atomic E-state index is 13.0. The molecule has 2 aromatic rings. The summed E-state index contributed by atoms with van der Waals surface area (Å²) in [5, 5.41) is 4.08. The molecule has 0 radical (unpaired) electrons. The van der Waals surface area contributed by atoms with Crippen molar-refractivity contribution in [2.24, 2.45) is 5.92 Å². The standard InChI is InChI=1S/C20H27N3O3/c1-13(2)19-21-20(22-26-19)23-10-6-8-16(12-23)18(24)15-7-5-9-17(11-15)25-14(3)4/h5,7,9,11,13-14,16H,6,8,10,12H2,1-4H3. The van der Waals surface area contributed by atoms with Gasteiger partial charge in [0.25, 0.3) is 5.95 Å². The Balaban J connectivity index is 1.71. The zero-order valence-electron chi connectivity index (χ0n) is 15.9. The lowest BCUT2D eigenvalue weighted by Gasteiger charge is -2.30. The Kier molecular flexibility index (Phi) is 5.59. The second-order valence-electron chi connectivity index (χ2n) is 7.43. The van der Waals surface area contributed by atoms with E-state index in [0.717, 1.165) is 25.1 Å². The number of carbonyl (C=O) groups excluding carboxylic acids is 1. The Bertz CT molecular complexity index is 754. The number of ether oxygens (including phenoxy) is 1. The number of rotatable bonds is 6. The molecule has 1 saturated heterocycles. The van der Waals surface area contributed by atoms with E-state index >= 15 is 0 Å². The van der Waals surface area contributed by atoms with Gasteiger partial charge in [-0.2, -0.15) is 4.98 Å². The van der Waals surface area contributed by atoms with E-state index in [9.17, 15) is 4.79 Å². The fourth-order valence-electron chi connectivity index (χ4n) is 3.19. The van der Waals surface area contributed by atoms with E-state index in [1.807, 2.05) is 52.0 Å². The van der Waals surface area contributed by atoms with Crippen LogP contribution in [0.4, 0.5) is 5.95 Å². The average Bonchev–Trinajstić information content (AvgIpc) is 3.11. The smallest absolute Gasteiger partial charge is 0.266 e. The van der Waals surface area contributed by atoms with Gasteiger partial charge in [-0.3, -0.25) is 4.79 Å². The van der Waals surface area contributed by atoms with Gasteiger partial charge in [-0.05, 0) is 44.0 Å². The van der Waals surface area contributed by atoms with Crippen LogP contribution >= 0.6 is 0 Å². The Morgan fingerprint density at radius 2 is 2.12 bits per heavy atom. The molecular formula is C20H27N3O3. The third-order valence-electron chi connectivity index (χ3n) is 4.49. The summed E-state index contributed by atoms with van der Waals surface area (Å²) in [5.41, 5.74) is 0.700. The molecule has 1 fully saturated rings. The molecule has 0 amide bonds. The Morgan fingerprint density at radius 3 is 2.81 bits per heavy atom. The minimum atomic E-state index is -0.0703. The van der Waals surface area contributed by atoms with E-state index < -0.39 is 0 Å². The highest BCUT2D eigenvalue weighted by Gasteiger charge is 2.29. The summed E-state index contributed by atoms with van der Waals surface area (Å²) in [6, 6.07) is 7.46. The van der Waals surface area contributed by atoms with Crippen LogP contribution in [0, 0.1) is 5.92 Å². The molecule has 6 nitrogen and oxygen atoms in total. The predicted molar refractivity (Wildman–Crippen MR) is 99.9 cm³/mol. The topological polar surface area (TPSA) is 68.5 Å². The fraction of sp³-hybridized carbons (Fsp3) is 0.550. The predicted octanol–water partition coefficient (Wildman–Crippen LogP) is 4.08. The summed E-state index contributed by atoms with van der Waals surface area (Å²) in [4.78, 5) is 19.5. The van der Waals surface area contributed by atoms with Crippen LogP contribution in [0.1, 0.15) is 62.7 Å². The molecule has 1 aliphatic rings. The Labute approximate surface area is 154 Å². The summed E-state index contributed by atoms with van der Waals surface area (Å²) < 4.78 is 11.0. The number of Topliss-reactive ketones (excluding diaryl/α,β-unsaturated/α-hetero) is 1. The van der Waals surface area contributed by atoms with Crippen LogP contribution in [0.25, 0.3) is 0 Å². The second-order valence-corrected chi connectivity index (χ2v) is 7.43. The van der Waals surface area contributed by atoms with E-state index in [0.29, 0.717) is 23.9 Å². The number of aromatic nitrogens is 2. The van der Waals surface area contributed by atoms with Crippen molar-refractivity contribution >= 4 is 11.7 Å². The molecule has 26 heavy (non-hydrogen) atoms. The SMILES string of the molecule is CC(C)Oc1cccc(C(=O)C2CCCN(c3noc(C(C)C)n3)C2)c1. The first-order chi connectivity index (χ1) is 12.4. The van der Waals surface area contributed by atoms with E-state index in [-0.39, 0.29) is 23.7 Å². The average molecular weight is 357 g/mol. The van der Waals surface area contributed by atoms with Crippen molar-refractivity contribution in [1.29, 1.82) is 0 Å². The zero-order chi connectivity index (χ0) is 18.7. The summed E-state index contributed by atoms with van der Waals surface area (Å²) in [5.74, 6) is 2.23. The number of piperidine rings is 1. The molecule has 1 atom stereocenters. The fourth-order valence-corrected chi connectivity index (χ4v) is 3.19. The molecular weight excluding hydrogens is 330 g/mol. The van der Waals surface area contributed by atoms with Crippen LogP contribution in [-0.2, 0) is 0 Å². The quantitative estimate of drug-likeness (QED) is 0.726. The molecule has 1 aromatic heterocycles. The first-order valence-corrected chi connectivity index (χ1v) is 9.33. The lowest BCUT2D eigenvalue weighted by molar-refractivity contribution is 0.0906. The van der Waals surface area contributed by atoms with Gasteiger partial charge < -0.3 is 14.2 Å². The van der Waals surface area contributed by atoms with Crippen molar-refractivity contribution in [2.45, 2.75) is 52.6 Å². The van der Waals surface area contributed by atoms with Gasteiger partial charge in [0.2, 0.25) is 5.89 Å². The molecule has 6 heteroatoms. The molecule has 3 rings (SSSR count).